The van der Waals surface area contributed by atoms with Crippen molar-refractivity contribution in [2.24, 2.45) is 5.16 Å². The van der Waals surface area contributed by atoms with Gasteiger partial charge in [0.25, 0.3) is 0 Å². The summed E-state index contributed by atoms with van der Waals surface area (Å²) in [7, 11) is 0. The van der Waals surface area contributed by atoms with Crippen LogP contribution in [0, 0.1) is 0 Å². The largest absolute Gasteiger partial charge is 1.00 e. The number of hydrogen-bond donors (Lipinski definition) is 0. The fourth-order valence-electron chi connectivity index (χ4n) is 0.781. The van der Waals surface area contributed by atoms with Crippen molar-refractivity contribution in [2.75, 3.05) is 6.61 Å². The third-order valence-electron chi connectivity index (χ3n) is 1.40. The van der Waals surface area contributed by atoms with E-state index in [2.05, 4.69) is 9.99 Å². The van der Waals surface area contributed by atoms with Crippen LogP contribution in [0.2, 0.25) is 10.0 Å². The van der Waals surface area contributed by atoms with E-state index in [0.29, 0.717) is 15.6 Å². The fraction of sp³-hybridized carbons (Fsp3) is 0.111. The first-order chi connectivity index (χ1) is 7.09. The number of rotatable bonds is 4. The Balaban J connectivity index is 0.00000225. The van der Waals surface area contributed by atoms with Gasteiger partial charge in [0.15, 0.2) is 6.61 Å². The Morgan fingerprint density at radius 3 is 2.69 bits per heavy atom. The first kappa shape index (κ1) is 15.7. The summed E-state index contributed by atoms with van der Waals surface area (Å²) in [5, 5.41) is 14.2. The number of hydrogen-bond acceptors (Lipinski definition) is 4. The Morgan fingerprint density at radius 1 is 1.44 bits per heavy atom. The van der Waals surface area contributed by atoms with Gasteiger partial charge in [0.05, 0.1) is 22.2 Å². The van der Waals surface area contributed by atoms with Gasteiger partial charge in [-0.3, -0.25) is 0 Å². The molecule has 0 aliphatic carbocycles. The number of nitrogens with zero attached hydrogens (tertiary/aromatic N) is 1. The van der Waals surface area contributed by atoms with Gasteiger partial charge in [-0.25, -0.2) is 0 Å². The number of carboxylic acids is 1. The summed E-state index contributed by atoms with van der Waals surface area (Å²) in [6.45, 7) is -0.585. The van der Waals surface area contributed by atoms with Crippen molar-refractivity contribution in [1.82, 2.24) is 0 Å². The molecule has 1 rings (SSSR count). The minimum Gasteiger partial charge on any atom is -0.546 e. The molecule has 4 nitrogen and oxygen atoms in total. The summed E-state index contributed by atoms with van der Waals surface area (Å²) in [6, 6.07) is 4.85. The monoisotopic (exact) mass is 269 g/mol. The van der Waals surface area contributed by atoms with Crippen LogP contribution >= 0.6 is 23.2 Å². The minimum atomic E-state index is -1.33. The number of carboxylic acid groups (broad SMARTS) is 1. The molecule has 80 valence electrons. The minimum absolute atomic E-state index is 0. The van der Waals surface area contributed by atoms with Crippen LogP contribution in [0.4, 0.5) is 0 Å². The predicted molar refractivity (Wildman–Crippen MR) is 55.0 cm³/mol. The first-order valence-corrected chi connectivity index (χ1v) is 4.65. The molecule has 1 aromatic rings. The van der Waals surface area contributed by atoms with E-state index in [0.717, 1.165) is 0 Å². The molecule has 7 heteroatoms. The van der Waals surface area contributed by atoms with Gasteiger partial charge >= 0.3 is 29.6 Å². The van der Waals surface area contributed by atoms with Crippen molar-refractivity contribution in [1.29, 1.82) is 0 Å². The summed E-state index contributed by atoms with van der Waals surface area (Å²) in [6.07, 6.45) is 1.32. The predicted octanol–water partition coefficient (Wildman–Crippen LogP) is -1.90. The van der Waals surface area contributed by atoms with Crippen LogP contribution in [0.15, 0.2) is 23.4 Å². The third-order valence-corrected chi connectivity index (χ3v) is 2.14. The number of carbonyl (C=O) groups excluding carboxylic acids is 1. The zero-order chi connectivity index (χ0) is 11.3. The van der Waals surface area contributed by atoms with E-state index in [1.165, 1.54) is 6.21 Å². The van der Waals surface area contributed by atoms with Crippen LogP contribution in [-0.2, 0) is 9.63 Å². The Kier molecular flexibility index (Phi) is 7.80. The van der Waals surface area contributed by atoms with E-state index in [-0.39, 0.29) is 29.6 Å². The summed E-state index contributed by atoms with van der Waals surface area (Å²) in [4.78, 5) is 14.4. The van der Waals surface area contributed by atoms with E-state index in [1.54, 1.807) is 18.2 Å². The smallest absolute Gasteiger partial charge is 0.546 e. The SMILES string of the molecule is O=C([O-])CO/N=C/c1ccc(Cl)c(Cl)c1.[Na+]. The second-order valence-electron chi connectivity index (χ2n) is 2.55. The second-order valence-corrected chi connectivity index (χ2v) is 3.37. The molecule has 0 aliphatic rings. The molecule has 0 heterocycles. The van der Waals surface area contributed by atoms with Gasteiger partial charge in [0.2, 0.25) is 0 Å². The van der Waals surface area contributed by atoms with Crippen LogP contribution in [0.1, 0.15) is 5.56 Å². The topological polar surface area (TPSA) is 61.7 Å². The van der Waals surface area contributed by atoms with Crippen LogP contribution in [-0.4, -0.2) is 18.8 Å². The molecule has 0 aliphatic heterocycles. The van der Waals surface area contributed by atoms with Gasteiger partial charge in [-0.15, -0.1) is 0 Å². The Bertz CT molecular complexity index is 398. The van der Waals surface area contributed by atoms with Gasteiger partial charge in [-0.1, -0.05) is 34.4 Å². The molecule has 0 N–H and O–H groups in total. The maximum Gasteiger partial charge on any atom is 1.00 e. The molecule has 0 unspecified atom stereocenters. The normalized spacial score (nSPS) is 9.88. The van der Waals surface area contributed by atoms with E-state index < -0.39 is 12.6 Å². The van der Waals surface area contributed by atoms with Crippen LogP contribution in [0.25, 0.3) is 0 Å². The Hall–Kier alpha value is -0.260. The fourth-order valence-corrected chi connectivity index (χ4v) is 1.09. The number of halogens is 2. The zero-order valence-electron chi connectivity index (χ0n) is 8.44. The maximum atomic E-state index is 9.96. The zero-order valence-corrected chi connectivity index (χ0v) is 12.0. The summed E-state index contributed by atoms with van der Waals surface area (Å²) in [5.74, 6) is -1.33. The summed E-state index contributed by atoms with van der Waals surface area (Å²) < 4.78 is 0. The van der Waals surface area contributed by atoms with Crippen molar-refractivity contribution in [2.45, 2.75) is 0 Å². The quantitative estimate of drug-likeness (QED) is 0.364. The van der Waals surface area contributed by atoms with Crippen molar-refractivity contribution in [3.8, 4) is 0 Å². The van der Waals surface area contributed by atoms with E-state index in [9.17, 15) is 9.90 Å². The molecule has 0 radical (unpaired) electrons. The molecule has 0 spiro atoms. The maximum absolute atomic E-state index is 9.96. The average Bonchev–Trinajstić information content (AvgIpc) is 2.18. The van der Waals surface area contributed by atoms with Gasteiger partial charge in [-0.05, 0) is 17.7 Å². The standard InChI is InChI=1S/C9H7Cl2NO3.Na/c10-7-2-1-6(3-8(7)11)4-12-15-5-9(13)14;/h1-4H,5H2,(H,13,14);/q;+1/p-1/b12-4+;. The molecule has 0 saturated carbocycles. The molecule has 0 fully saturated rings. The number of carbonyl (C=O) groups is 1. The molecule has 1 aromatic carbocycles. The molecule has 0 bridgehead atoms. The van der Waals surface area contributed by atoms with Crippen molar-refractivity contribution >= 4 is 35.4 Å². The van der Waals surface area contributed by atoms with Crippen LogP contribution in [0.3, 0.4) is 0 Å². The number of benzene rings is 1. The van der Waals surface area contributed by atoms with E-state index in [4.69, 9.17) is 23.2 Å². The first-order valence-electron chi connectivity index (χ1n) is 3.90. The molecular weight excluding hydrogens is 264 g/mol. The van der Waals surface area contributed by atoms with E-state index in [1.807, 2.05) is 0 Å². The van der Waals surface area contributed by atoms with Crippen LogP contribution in [0.5, 0.6) is 0 Å². The summed E-state index contributed by atoms with van der Waals surface area (Å²) in [5.41, 5.74) is 0.655. The third kappa shape index (κ3) is 5.72. The number of aliphatic carboxylic acids is 1. The molecule has 0 atom stereocenters. The molecule has 0 aromatic heterocycles. The molecular formula is C9H6Cl2NNaO3. The van der Waals surface area contributed by atoms with E-state index >= 15 is 0 Å². The molecule has 16 heavy (non-hydrogen) atoms. The Labute approximate surface area is 124 Å². The van der Waals surface area contributed by atoms with Crippen molar-refractivity contribution < 1.29 is 44.3 Å². The van der Waals surface area contributed by atoms with Crippen molar-refractivity contribution in [3.05, 3.63) is 33.8 Å². The van der Waals surface area contributed by atoms with Gasteiger partial charge in [-0.2, -0.15) is 0 Å². The number of oxime groups is 1. The Morgan fingerprint density at radius 2 is 2.12 bits per heavy atom. The van der Waals surface area contributed by atoms with Crippen LogP contribution < -0.4 is 34.7 Å². The second kappa shape index (κ2) is 7.92. The van der Waals surface area contributed by atoms with Gasteiger partial charge in [0, 0.05) is 0 Å². The van der Waals surface area contributed by atoms with Crippen molar-refractivity contribution in [3.63, 3.8) is 0 Å². The average molecular weight is 270 g/mol. The van der Waals surface area contributed by atoms with Gasteiger partial charge in [0.1, 0.15) is 0 Å². The van der Waals surface area contributed by atoms with Gasteiger partial charge < -0.3 is 14.7 Å². The summed E-state index contributed by atoms with van der Waals surface area (Å²) >= 11 is 11.4. The molecule has 0 saturated heterocycles. The molecule has 0 amide bonds.